The summed E-state index contributed by atoms with van der Waals surface area (Å²) < 4.78 is 54.0. The van der Waals surface area contributed by atoms with Crippen molar-refractivity contribution in [2.24, 2.45) is 0 Å². The lowest BCUT2D eigenvalue weighted by molar-refractivity contribution is -0.0109. The maximum absolute atomic E-state index is 16.0. The lowest BCUT2D eigenvalue weighted by Crippen LogP contribution is -2.30. The van der Waals surface area contributed by atoms with E-state index in [1.807, 2.05) is 0 Å². The van der Waals surface area contributed by atoms with Gasteiger partial charge in [-0.1, -0.05) is 0 Å². The largest absolute Gasteiger partial charge is 0.381 e. The van der Waals surface area contributed by atoms with Crippen LogP contribution in [0.4, 0.5) is 18.9 Å². The van der Waals surface area contributed by atoms with Crippen LogP contribution >= 0.6 is 0 Å². The Hall–Kier alpha value is -3.66. The Morgan fingerprint density at radius 2 is 1.89 bits per heavy atom. The molecular formula is C27H28F3N5O2. The Morgan fingerprint density at radius 1 is 1.16 bits per heavy atom. The maximum Gasteiger partial charge on any atom is 0.262 e. The number of pyridine rings is 1. The fourth-order valence-corrected chi connectivity index (χ4v) is 4.70. The second kappa shape index (κ2) is 9.02. The zero-order valence-corrected chi connectivity index (χ0v) is 21.1. The Labute approximate surface area is 212 Å². The molecule has 1 aromatic carbocycles. The van der Waals surface area contributed by atoms with Crippen LogP contribution in [0.15, 0.2) is 43.0 Å². The fourth-order valence-electron chi connectivity index (χ4n) is 4.70. The lowest BCUT2D eigenvalue weighted by atomic mass is 9.87. The van der Waals surface area contributed by atoms with Gasteiger partial charge in [-0.25, -0.2) is 18.4 Å². The molecule has 0 atom stereocenters. The van der Waals surface area contributed by atoms with Gasteiger partial charge >= 0.3 is 0 Å². The molecule has 0 unspecified atom stereocenters. The highest BCUT2D eigenvalue weighted by Crippen LogP contribution is 2.40. The average molecular weight is 512 g/mol. The Balaban J connectivity index is 1.55. The van der Waals surface area contributed by atoms with Gasteiger partial charge in [0.15, 0.2) is 0 Å². The number of carbonyl (C=O) groups excluding carboxylic acids is 1. The molecular weight excluding hydrogens is 483 g/mol. The van der Waals surface area contributed by atoms with Crippen molar-refractivity contribution < 1.29 is 22.7 Å². The van der Waals surface area contributed by atoms with Gasteiger partial charge in [-0.15, -0.1) is 0 Å². The molecule has 0 bridgehead atoms. The topological polar surface area (TPSA) is 73.5 Å². The number of aryl methyl sites for hydroxylation is 1. The number of hydrogen-bond donors (Lipinski definition) is 1. The van der Waals surface area contributed by atoms with Crippen molar-refractivity contribution in [3.63, 3.8) is 0 Å². The first-order chi connectivity index (χ1) is 17.5. The van der Waals surface area contributed by atoms with Crippen LogP contribution in [0, 0.1) is 18.7 Å². The minimum Gasteiger partial charge on any atom is -0.381 e. The summed E-state index contributed by atoms with van der Waals surface area (Å²) in [5.74, 6) is -2.30. The summed E-state index contributed by atoms with van der Waals surface area (Å²) >= 11 is 0. The number of rotatable bonds is 4. The summed E-state index contributed by atoms with van der Waals surface area (Å²) in [4.78, 5) is 17.2. The van der Waals surface area contributed by atoms with Gasteiger partial charge < -0.3 is 14.5 Å². The highest BCUT2D eigenvalue weighted by atomic mass is 19.1. The van der Waals surface area contributed by atoms with E-state index in [-0.39, 0.29) is 24.1 Å². The van der Waals surface area contributed by atoms with E-state index in [1.54, 1.807) is 56.8 Å². The van der Waals surface area contributed by atoms with Crippen LogP contribution in [-0.2, 0) is 15.9 Å². The van der Waals surface area contributed by atoms with E-state index in [9.17, 15) is 13.6 Å². The smallest absolute Gasteiger partial charge is 0.262 e. The Morgan fingerprint density at radius 3 is 2.57 bits per heavy atom. The van der Waals surface area contributed by atoms with E-state index in [0.717, 1.165) is 10.9 Å². The normalized spacial score (nSPS) is 15.8. The van der Waals surface area contributed by atoms with Crippen LogP contribution in [0.5, 0.6) is 0 Å². The van der Waals surface area contributed by atoms with Crippen molar-refractivity contribution in [3.05, 3.63) is 71.4 Å². The lowest BCUT2D eigenvalue weighted by Gasteiger charge is -2.30. The second-order valence-electron chi connectivity index (χ2n) is 10.4. The molecule has 1 amide bonds. The number of carbonyl (C=O) groups is 1. The molecule has 3 aromatic heterocycles. The monoisotopic (exact) mass is 511 g/mol. The third-order valence-electron chi connectivity index (χ3n) is 6.72. The average Bonchev–Trinajstić information content (AvgIpc) is 3.47. The van der Waals surface area contributed by atoms with Crippen molar-refractivity contribution in [2.75, 3.05) is 18.5 Å². The van der Waals surface area contributed by atoms with E-state index in [1.165, 1.54) is 12.1 Å². The number of aromatic nitrogens is 4. The number of benzene rings is 1. The van der Waals surface area contributed by atoms with Gasteiger partial charge in [-0.2, -0.15) is 9.49 Å². The highest BCUT2D eigenvalue weighted by molar-refractivity contribution is 6.04. The number of ether oxygens (including phenoxy) is 1. The van der Waals surface area contributed by atoms with Crippen LogP contribution in [-0.4, -0.2) is 38.3 Å². The van der Waals surface area contributed by atoms with Gasteiger partial charge in [-0.05, 0) is 62.6 Å². The molecule has 4 aromatic rings. The number of hydrogen-bond acceptors (Lipinski definition) is 4. The summed E-state index contributed by atoms with van der Waals surface area (Å²) in [6.07, 6.45) is 6.64. The van der Waals surface area contributed by atoms with Crippen LogP contribution in [0.2, 0.25) is 0 Å². The zero-order valence-electron chi connectivity index (χ0n) is 21.1. The second-order valence-corrected chi connectivity index (χ2v) is 10.4. The molecule has 4 heterocycles. The van der Waals surface area contributed by atoms with Gasteiger partial charge in [-0.3, -0.25) is 4.79 Å². The number of nitrogens with one attached hydrogen (secondary N) is 1. The molecule has 0 aliphatic carbocycles. The zero-order chi connectivity index (χ0) is 26.5. The minimum atomic E-state index is -1.61. The number of fused-ring (bicyclic) bond motifs is 1. The molecule has 1 N–H and O–H groups in total. The van der Waals surface area contributed by atoms with E-state index in [4.69, 9.17) is 4.74 Å². The number of imidazole rings is 1. The van der Waals surface area contributed by atoms with Gasteiger partial charge in [0, 0.05) is 50.2 Å². The van der Waals surface area contributed by atoms with E-state index >= 15 is 4.39 Å². The molecule has 0 spiro atoms. The first kappa shape index (κ1) is 25.0. The summed E-state index contributed by atoms with van der Waals surface area (Å²) in [6, 6.07) is 4.50. The van der Waals surface area contributed by atoms with Gasteiger partial charge in [0.1, 0.15) is 22.7 Å². The fraction of sp³-hybridized carbons (Fsp3) is 0.370. The molecule has 0 radical (unpaired) electrons. The van der Waals surface area contributed by atoms with E-state index in [0.29, 0.717) is 41.1 Å². The van der Waals surface area contributed by atoms with E-state index in [2.05, 4.69) is 15.4 Å². The standard InChI is InChI=1S/C27H28F3N5O2/c1-16-11-21(28)22(33-25(36)19-14-32-35(23(19)29)26(2,3)4)13-18(16)17-12-20(24-31-7-8-34(24)15-17)27(30)5-9-37-10-6-27/h7-8,11-15H,5-6,9-10H2,1-4H3,(H,33,36). The summed E-state index contributed by atoms with van der Waals surface area (Å²) in [6.45, 7) is 7.61. The molecule has 1 fully saturated rings. The van der Waals surface area contributed by atoms with Crippen LogP contribution in [0.25, 0.3) is 16.8 Å². The summed E-state index contributed by atoms with van der Waals surface area (Å²) in [5.41, 5.74) is 0.0475. The van der Waals surface area contributed by atoms with Gasteiger partial charge in [0.25, 0.3) is 5.91 Å². The van der Waals surface area contributed by atoms with Crippen molar-refractivity contribution in [3.8, 4) is 11.1 Å². The highest BCUT2D eigenvalue weighted by Gasteiger charge is 2.37. The molecule has 194 valence electrons. The SMILES string of the molecule is Cc1cc(F)c(NC(=O)c2cnn(C(C)(C)C)c2F)cc1-c1cc(C2(F)CCOCC2)c2nccn2c1. The van der Waals surface area contributed by atoms with Crippen LogP contribution < -0.4 is 5.32 Å². The van der Waals surface area contributed by atoms with Crippen molar-refractivity contribution in [1.82, 2.24) is 19.2 Å². The summed E-state index contributed by atoms with van der Waals surface area (Å²) in [7, 11) is 0. The molecule has 7 nitrogen and oxygen atoms in total. The van der Waals surface area contributed by atoms with Crippen molar-refractivity contribution in [1.29, 1.82) is 0 Å². The first-order valence-electron chi connectivity index (χ1n) is 12.1. The number of amides is 1. The Kier molecular flexibility index (Phi) is 6.10. The molecule has 37 heavy (non-hydrogen) atoms. The molecule has 1 aliphatic rings. The van der Waals surface area contributed by atoms with E-state index < -0.39 is 28.9 Å². The number of anilines is 1. The number of alkyl halides is 1. The minimum absolute atomic E-state index is 0.123. The van der Waals surface area contributed by atoms with Crippen molar-refractivity contribution >= 4 is 17.2 Å². The third kappa shape index (κ3) is 4.50. The third-order valence-corrected chi connectivity index (χ3v) is 6.72. The number of nitrogens with zero attached hydrogens (tertiary/aromatic N) is 4. The first-order valence-corrected chi connectivity index (χ1v) is 12.1. The van der Waals surface area contributed by atoms with Crippen LogP contribution in [0.1, 0.15) is 55.1 Å². The molecule has 10 heteroatoms. The molecule has 1 saturated heterocycles. The predicted octanol–water partition coefficient (Wildman–Crippen LogP) is 5.77. The maximum atomic E-state index is 16.0. The predicted molar refractivity (Wildman–Crippen MR) is 133 cm³/mol. The quantitative estimate of drug-likeness (QED) is 0.378. The van der Waals surface area contributed by atoms with Gasteiger partial charge in [0.05, 0.1) is 17.4 Å². The van der Waals surface area contributed by atoms with Crippen LogP contribution in [0.3, 0.4) is 0 Å². The Bertz CT molecular complexity index is 1500. The molecule has 1 aliphatic heterocycles. The molecule has 5 rings (SSSR count). The summed E-state index contributed by atoms with van der Waals surface area (Å²) in [5, 5.41) is 6.44. The van der Waals surface area contributed by atoms with Gasteiger partial charge in [0.2, 0.25) is 5.95 Å². The van der Waals surface area contributed by atoms with Crippen molar-refractivity contribution in [2.45, 2.75) is 51.7 Å². The molecule has 0 saturated carbocycles. The number of halogens is 3.